The van der Waals surface area contributed by atoms with Crippen molar-refractivity contribution in [1.29, 1.82) is 5.26 Å². The van der Waals surface area contributed by atoms with Gasteiger partial charge in [-0.25, -0.2) is 0 Å². The van der Waals surface area contributed by atoms with Gasteiger partial charge in [-0.1, -0.05) is 32.1 Å². The SMILES string of the molecule is C#CC1(C#N)OC(COC(=O)CCCCCC)C(O)C1O. The van der Waals surface area contributed by atoms with E-state index in [1.165, 1.54) is 0 Å². The van der Waals surface area contributed by atoms with Gasteiger partial charge in [0.1, 0.15) is 31.0 Å². The maximum absolute atomic E-state index is 11.5. The first-order valence-electron chi connectivity index (χ1n) is 7.09. The molecule has 1 aliphatic heterocycles. The van der Waals surface area contributed by atoms with Crippen LogP contribution >= 0.6 is 0 Å². The number of ether oxygens (including phenoxy) is 2. The molecule has 0 aromatic heterocycles. The van der Waals surface area contributed by atoms with Gasteiger partial charge in [-0.2, -0.15) is 5.26 Å². The van der Waals surface area contributed by atoms with Crippen molar-refractivity contribution in [1.82, 2.24) is 0 Å². The van der Waals surface area contributed by atoms with Crippen LogP contribution in [0.1, 0.15) is 39.0 Å². The van der Waals surface area contributed by atoms with Crippen molar-refractivity contribution in [3.05, 3.63) is 0 Å². The molecule has 21 heavy (non-hydrogen) atoms. The molecular formula is C15H21NO5. The summed E-state index contributed by atoms with van der Waals surface area (Å²) in [5, 5.41) is 28.5. The lowest BCUT2D eigenvalue weighted by Gasteiger charge is -2.17. The van der Waals surface area contributed by atoms with E-state index in [1.54, 1.807) is 6.07 Å². The van der Waals surface area contributed by atoms with Crippen LogP contribution in [-0.4, -0.2) is 46.7 Å². The molecule has 6 heteroatoms. The van der Waals surface area contributed by atoms with Crippen LogP contribution in [0.3, 0.4) is 0 Å². The first-order chi connectivity index (χ1) is 10.0. The summed E-state index contributed by atoms with van der Waals surface area (Å²) in [6, 6.07) is 1.66. The zero-order valence-electron chi connectivity index (χ0n) is 12.1. The Morgan fingerprint density at radius 3 is 2.67 bits per heavy atom. The number of esters is 1. The molecule has 0 bridgehead atoms. The van der Waals surface area contributed by atoms with E-state index in [0.29, 0.717) is 6.42 Å². The number of nitrogens with zero attached hydrogens (tertiary/aromatic N) is 1. The monoisotopic (exact) mass is 295 g/mol. The van der Waals surface area contributed by atoms with Crippen molar-refractivity contribution in [2.24, 2.45) is 0 Å². The van der Waals surface area contributed by atoms with E-state index in [1.807, 2.05) is 5.92 Å². The highest BCUT2D eigenvalue weighted by Crippen LogP contribution is 2.30. The summed E-state index contributed by atoms with van der Waals surface area (Å²) in [5.41, 5.74) is -1.89. The summed E-state index contributed by atoms with van der Waals surface area (Å²) >= 11 is 0. The van der Waals surface area contributed by atoms with Crippen molar-refractivity contribution in [2.75, 3.05) is 6.61 Å². The summed E-state index contributed by atoms with van der Waals surface area (Å²) in [5.74, 6) is 1.64. The van der Waals surface area contributed by atoms with E-state index in [-0.39, 0.29) is 6.61 Å². The van der Waals surface area contributed by atoms with Crippen LogP contribution in [0.4, 0.5) is 0 Å². The van der Waals surface area contributed by atoms with E-state index in [0.717, 1.165) is 25.7 Å². The molecule has 0 aromatic carbocycles. The van der Waals surface area contributed by atoms with Crippen molar-refractivity contribution < 1.29 is 24.5 Å². The molecular weight excluding hydrogens is 274 g/mol. The van der Waals surface area contributed by atoms with Gasteiger partial charge in [-0.15, -0.1) is 6.42 Å². The fourth-order valence-electron chi connectivity index (χ4n) is 2.14. The molecule has 116 valence electrons. The van der Waals surface area contributed by atoms with Crippen LogP contribution in [-0.2, 0) is 14.3 Å². The molecule has 0 aromatic rings. The molecule has 1 fully saturated rings. The second kappa shape index (κ2) is 7.99. The second-order valence-electron chi connectivity index (χ2n) is 5.08. The number of terminal acetylenes is 1. The third kappa shape index (κ3) is 4.18. The lowest BCUT2D eigenvalue weighted by Crippen LogP contribution is -2.40. The number of carbonyl (C=O) groups is 1. The summed E-state index contributed by atoms with van der Waals surface area (Å²) in [6.07, 6.45) is 5.42. The molecule has 4 atom stereocenters. The molecule has 6 nitrogen and oxygen atoms in total. The number of unbranched alkanes of at least 4 members (excludes halogenated alkanes) is 3. The molecule has 1 rings (SSSR count). The summed E-state index contributed by atoms with van der Waals surface area (Å²) in [4.78, 5) is 11.5. The number of hydrogen-bond donors (Lipinski definition) is 2. The highest BCUT2D eigenvalue weighted by atomic mass is 16.6. The number of aliphatic hydroxyl groups excluding tert-OH is 2. The Morgan fingerprint density at radius 2 is 2.14 bits per heavy atom. The van der Waals surface area contributed by atoms with Crippen molar-refractivity contribution in [2.45, 2.75) is 62.9 Å². The molecule has 2 N–H and O–H groups in total. The Kier molecular flexibility index (Phi) is 6.64. The molecule has 0 spiro atoms. The van der Waals surface area contributed by atoms with Crippen LogP contribution in [0.25, 0.3) is 0 Å². The van der Waals surface area contributed by atoms with E-state index in [2.05, 4.69) is 6.92 Å². The average Bonchev–Trinajstić information content (AvgIpc) is 2.74. The van der Waals surface area contributed by atoms with Crippen molar-refractivity contribution in [3.8, 4) is 18.4 Å². The summed E-state index contributed by atoms with van der Waals surface area (Å²) in [7, 11) is 0. The van der Waals surface area contributed by atoms with Crippen LogP contribution in [0.5, 0.6) is 0 Å². The molecule has 1 heterocycles. The van der Waals surface area contributed by atoms with Gasteiger partial charge in [-0.3, -0.25) is 4.79 Å². The molecule has 0 saturated carbocycles. The second-order valence-corrected chi connectivity index (χ2v) is 5.08. The Hall–Kier alpha value is -1.60. The topological polar surface area (TPSA) is 99.8 Å². The van der Waals surface area contributed by atoms with E-state index >= 15 is 0 Å². The molecule has 0 aliphatic carbocycles. The molecule has 1 saturated heterocycles. The van der Waals surface area contributed by atoms with Gasteiger partial charge in [0.2, 0.25) is 5.60 Å². The third-order valence-electron chi connectivity index (χ3n) is 3.48. The van der Waals surface area contributed by atoms with E-state index in [4.69, 9.17) is 21.2 Å². The Bertz CT molecular complexity index is 422. The Morgan fingerprint density at radius 1 is 1.43 bits per heavy atom. The minimum atomic E-state index is -1.89. The number of rotatable bonds is 7. The summed E-state index contributed by atoms with van der Waals surface area (Å²) in [6.45, 7) is 1.84. The molecule has 0 amide bonds. The Balaban J connectivity index is 2.41. The molecule has 0 radical (unpaired) electrons. The smallest absolute Gasteiger partial charge is 0.305 e. The van der Waals surface area contributed by atoms with Crippen LogP contribution in [0.2, 0.25) is 0 Å². The van der Waals surface area contributed by atoms with Crippen LogP contribution < -0.4 is 0 Å². The highest BCUT2D eigenvalue weighted by Gasteiger charge is 2.54. The predicted octanol–water partition coefficient (Wildman–Crippen LogP) is 0.516. The largest absolute Gasteiger partial charge is 0.463 e. The number of carbonyl (C=O) groups excluding carboxylic acids is 1. The van der Waals surface area contributed by atoms with Crippen LogP contribution in [0.15, 0.2) is 0 Å². The Labute approximate surface area is 124 Å². The molecule has 1 aliphatic rings. The van der Waals surface area contributed by atoms with Gasteiger partial charge in [0.15, 0.2) is 0 Å². The minimum absolute atomic E-state index is 0.240. The van der Waals surface area contributed by atoms with Gasteiger partial charge in [0.25, 0.3) is 0 Å². The van der Waals surface area contributed by atoms with E-state index < -0.39 is 29.9 Å². The van der Waals surface area contributed by atoms with Crippen molar-refractivity contribution >= 4 is 5.97 Å². The van der Waals surface area contributed by atoms with Gasteiger partial charge in [0, 0.05) is 6.42 Å². The number of nitriles is 1. The van der Waals surface area contributed by atoms with Crippen molar-refractivity contribution in [3.63, 3.8) is 0 Å². The lowest BCUT2D eigenvalue weighted by atomic mass is 9.97. The standard InChI is InChI=1S/C15H21NO5/c1-3-5-6-7-8-12(17)20-9-11-13(18)14(19)15(4-2,10-16)21-11/h2,11,13-14,18-19H,3,5-9H2,1H3. The first kappa shape index (κ1) is 17.5. The summed E-state index contributed by atoms with van der Waals surface area (Å²) < 4.78 is 10.2. The molecule has 4 unspecified atom stereocenters. The number of aliphatic hydroxyl groups is 2. The van der Waals surface area contributed by atoms with Gasteiger partial charge >= 0.3 is 5.97 Å². The van der Waals surface area contributed by atoms with E-state index in [9.17, 15) is 15.0 Å². The normalized spacial score (nSPS) is 31.4. The fraction of sp³-hybridized carbons (Fsp3) is 0.733. The lowest BCUT2D eigenvalue weighted by molar-refractivity contribution is -0.149. The fourth-order valence-corrected chi connectivity index (χ4v) is 2.14. The van der Waals surface area contributed by atoms with Gasteiger partial charge in [0.05, 0.1) is 0 Å². The third-order valence-corrected chi connectivity index (χ3v) is 3.48. The van der Waals surface area contributed by atoms with Gasteiger partial charge < -0.3 is 19.7 Å². The first-order valence-corrected chi connectivity index (χ1v) is 7.09. The maximum atomic E-state index is 11.5. The highest BCUT2D eigenvalue weighted by molar-refractivity contribution is 5.69. The number of hydrogen-bond acceptors (Lipinski definition) is 6. The van der Waals surface area contributed by atoms with Gasteiger partial charge in [-0.05, 0) is 6.42 Å². The predicted molar refractivity (Wildman–Crippen MR) is 73.8 cm³/mol. The average molecular weight is 295 g/mol. The quantitative estimate of drug-likeness (QED) is 0.403. The minimum Gasteiger partial charge on any atom is -0.463 e. The zero-order valence-corrected chi connectivity index (χ0v) is 12.1. The zero-order chi connectivity index (χ0) is 15.9. The maximum Gasteiger partial charge on any atom is 0.305 e. The van der Waals surface area contributed by atoms with Crippen LogP contribution in [0, 0.1) is 23.7 Å².